The maximum absolute atomic E-state index is 13.5. The molecule has 9 heteroatoms. The van der Waals surface area contributed by atoms with E-state index >= 15 is 0 Å². The maximum Gasteiger partial charge on any atom is 0.306 e. The molecule has 172 valence electrons. The predicted molar refractivity (Wildman–Crippen MR) is 123 cm³/mol. The SMILES string of the molecule is COc1cc2occ(-c3ccc(F)cc3)c2cc1/C(C)=C/C(=O)Nc1ccc(F)c([N+](=O)[O-])c1. The van der Waals surface area contributed by atoms with E-state index in [2.05, 4.69) is 5.32 Å². The van der Waals surface area contributed by atoms with Gasteiger partial charge in [0.15, 0.2) is 0 Å². The van der Waals surface area contributed by atoms with Crippen LogP contribution >= 0.6 is 0 Å². The number of nitrogens with zero attached hydrogens (tertiary/aromatic N) is 1. The number of nitro groups is 1. The Kier molecular flexibility index (Phi) is 6.09. The lowest BCUT2D eigenvalue weighted by molar-refractivity contribution is -0.387. The standard InChI is InChI=1S/C25H18F2N2O5/c1-14(9-25(30)28-17-7-8-21(27)22(10-17)29(31)32)18-11-19-20(15-3-5-16(26)6-4-15)13-34-24(19)12-23(18)33-2/h3-13H,1-2H3,(H,28,30)/b14-9+. The lowest BCUT2D eigenvalue weighted by Crippen LogP contribution is -2.09. The summed E-state index contributed by atoms with van der Waals surface area (Å²) in [4.78, 5) is 22.6. The molecule has 0 atom stereocenters. The summed E-state index contributed by atoms with van der Waals surface area (Å²) >= 11 is 0. The predicted octanol–water partition coefficient (Wildman–Crippen LogP) is 6.34. The lowest BCUT2D eigenvalue weighted by atomic mass is 9.99. The summed E-state index contributed by atoms with van der Waals surface area (Å²) < 4.78 is 38.0. The molecule has 4 aromatic rings. The van der Waals surface area contributed by atoms with Gasteiger partial charge in [0.05, 0.1) is 18.3 Å². The first-order valence-corrected chi connectivity index (χ1v) is 10.1. The quantitative estimate of drug-likeness (QED) is 0.204. The van der Waals surface area contributed by atoms with Gasteiger partial charge in [-0.25, -0.2) is 4.39 Å². The number of nitro benzene ring substituents is 1. The van der Waals surface area contributed by atoms with E-state index in [9.17, 15) is 23.7 Å². The van der Waals surface area contributed by atoms with E-state index in [-0.39, 0.29) is 11.5 Å². The molecule has 0 aliphatic heterocycles. The molecule has 0 radical (unpaired) electrons. The Morgan fingerprint density at radius 1 is 1.12 bits per heavy atom. The number of allylic oxidation sites excluding steroid dienone is 1. The van der Waals surface area contributed by atoms with Gasteiger partial charge in [0.1, 0.15) is 17.1 Å². The molecule has 0 aliphatic carbocycles. The molecule has 0 saturated carbocycles. The number of rotatable bonds is 6. The molecule has 7 nitrogen and oxygen atoms in total. The summed E-state index contributed by atoms with van der Waals surface area (Å²) in [6, 6.07) is 12.6. The maximum atomic E-state index is 13.5. The Labute approximate surface area is 192 Å². The highest BCUT2D eigenvalue weighted by Gasteiger charge is 2.17. The minimum atomic E-state index is -0.996. The van der Waals surface area contributed by atoms with Crippen molar-refractivity contribution in [3.05, 3.63) is 94.2 Å². The summed E-state index contributed by atoms with van der Waals surface area (Å²) in [5.41, 5.74) is 2.55. The number of hydrogen-bond acceptors (Lipinski definition) is 5. The van der Waals surface area contributed by atoms with Crippen molar-refractivity contribution in [1.29, 1.82) is 0 Å². The fraction of sp³-hybridized carbons (Fsp3) is 0.0800. The van der Waals surface area contributed by atoms with E-state index in [1.807, 2.05) is 0 Å². The molecule has 3 aromatic carbocycles. The fourth-order valence-corrected chi connectivity index (χ4v) is 3.57. The Morgan fingerprint density at radius 3 is 2.53 bits per heavy atom. The van der Waals surface area contributed by atoms with Crippen LogP contribution in [-0.4, -0.2) is 17.9 Å². The number of halogens is 2. The number of methoxy groups -OCH3 is 1. The van der Waals surface area contributed by atoms with Crippen LogP contribution in [0.3, 0.4) is 0 Å². The molecule has 4 rings (SSSR count). The van der Waals surface area contributed by atoms with Gasteiger partial charge in [0.2, 0.25) is 11.7 Å². The number of hydrogen-bond donors (Lipinski definition) is 1. The van der Waals surface area contributed by atoms with Crippen molar-refractivity contribution in [2.75, 3.05) is 12.4 Å². The van der Waals surface area contributed by atoms with E-state index in [1.54, 1.807) is 37.5 Å². The minimum absolute atomic E-state index is 0.0815. The number of amides is 1. The first kappa shape index (κ1) is 22.7. The summed E-state index contributed by atoms with van der Waals surface area (Å²) in [5.74, 6) is -1.45. The highest BCUT2D eigenvalue weighted by molar-refractivity contribution is 6.05. The van der Waals surface area contributed by atoms with Crippen LogP contribution in [0.5, 0.6) is 5.75 Å². The van der Waals surface area contributed by atoms with E-state index < -0.39 is 22.3 Å². The van der Waals surface area contributed by atoms with Crippen LogP contribution in [0.4, 0.5) is 20.2 Å². The van der Waals surface area contributed by atoms with Gasteiger partial charge in [-0.1, -0.05) is 12.1 Å². The Morgan fingerprint density at radius 2 is 1.85 bits per heavy atom. The molecular weight excluding hydrogens is 446 g/mol. The number of nitrogens with one attached hydrogen (secondary N) is 1. The Balaban J connectivity index is 1.68. The zero-order chi connectivity index (χ0) is 24.4. The van der Waals surface area contributed by atoms with Gasteiger partial charge < -0.3 is 14.5 Å². The van der Waals surface area contributed by atoms with Crippen LogP contribution in [0, 0.1) is 21.7 Å². The molecule has 0 unspecified atom stereocenters. The van der Waals surface area contributed by atoms with Gasteiger partial charge >= 0.3 is 5.69 Å². The summed E-state index contributed by atoms with van der Waals surface area (Å²) in [5, 5.41) is 14.2. The molecule has 1 aromatic heterocycles. The molecule has 0 bridgehead atoms. The minimum Gasteiger partial charge on any atom is -0.496 e. The number of furan rings is 1. The Hall–Kier alpha value is -4.53. The van der Waals surface area contributed by atoms with Crippen molar-refractivity contribution in [3.8, 4) is 16.9 Å². The van der Waals surface area contributed by atoms with Crippen LogP contribution in [0.25, 0.3) is 27.7 Å². The second-order valence-corrected chi connectivity index (χ2v) is 7.44. The third kappa shape index (κ3) is 4.49. The van der Waals surface area contributed by atoms with Crippen molar-refractivity contribution < 1.29 is 27.7 Å². The topological polar surface area (TPSA) is 94.6 Å². The van der Waals surface area contributed by atoms with Crippen molar-refractivity contribution >= 4 is 33.8 Å². The van der Waals surface area contributed by atoms with Crippen molar-refractivity contribution in [2.45, 2.75) is 6.92 Å². The van der Waals surface area contributed by atoms with Gasteiger partial charge in [-0.2, -0.15) is 4.39 Å². The number of fused-ring (bicyclic) bond motifs is 1. The van der Waals surface area contributed by atoms with Crippen molar-refractivity contribution in [1.82, 2.24) is 0 Å². The molecule has 1 heterocycles. The number of ether oxygens (including phenoxy) is 1. The summed E-state index contributed by atoms with van der Waals surface area (Å²) in [7, 11) is 1.49. The largest absolute Gasteiger partial charge is 0.496 e. The molecule has 1 N–H and O–H groups in total. The summed E-state index contributed by atoms with van der Waals surface area (Å²) in [6.07, 6.45) is 2.87. The van der Waals surface area contributed by atoms with Gasteiger partial charge in [-0.05, 0) is 48.4 Å². The van der Waals surface area contributed by atoms with Gasteiger partial charge in [0.25, 0.3) is 0 Å². The lowest BCUT2D eigenvalue weighted by Gasteiger charge is -2.10. The third-order valence-electron chi connectivity index (χ3n) is 5.23. The van der Waals surface area contributed by atoms with Crippen LogP contribution in [-0.2, 0) is 4.79 Å². The number of carbonyl (C=O) groups excluding carboxylic acids is 1. The van der Waals surface area contributed by atoms with Gasteiger partial charge in [-0.3, -0.25) is 14.9 Å². The van der Waals surface area contributed by atoms with Crippen molar-refractivity contribution in [3.63, 3.8) is 0 Å². The first-order chi connectivity index (χ1) is 16.3. The van der Waals surface area contributed by atoms with E-state index in [0.717, 1.165) is 28.6 Å². The zero-order valence-electron chi connectivity index (χ0n) is 18.1. The van der Waals surface area contributed by atoms with Crippen LogP contribution in [0.1, 0.15) is 12.5 Å². The average molecular weight is 464 g/mol. The normalized spacial score (nSPS) is 11.5. The first-order valence-electron chi connectivity index (χ1n) is 10.1. The third-order valence-corrected chi connectivity index (χ3v) is 5.23. The molecule has 1 amide bonds. The molecule has 0 fully saturated rings. The second-order valence-electron chi connectivity index (χ2n) is 7.44. The van der Waals surface area contributed by atoms with E-state index in [4.69, 9.17) is 9.15 Å². The molecule has 0 aliphatic rings. The monoisotopic (exact) mass is 464 g/mol. The van der Waals surface area contributed by atoms with Crippen LogP contribution < -0.4 is 10.1 Å². The van der Waals surface area contributed by atoms with Gasteiger partial charge in [-0.15, -0.1) is 0 Å². The number of carbonyl (C=O) groups is 1. The van der Waals surface area contributed by atoms with E-state index in [0.29, 0.717) is 22.5 Å². The highest BCUT2D eigenvalue weighted by atomic mass is 19.1. The zero-order valence-corrected chi connectivity index (χ0v) is 18.1. The fourth-order valence-electron chi connectivity index (χ4n) is 3.57. The number of benzene rings is 3. The average Bonchev–Trinajstić information content (AvgIpc) is 3.22. The summed E-state index contributed by atoms with van der Waals surface area (Å²) in [6.45, 7) is 1.70. The van der Waals surface area contributed by atoms with E-state index in [1.165, 1.54) is 31.4 Å². The molecule has 0 spiro atoms. The van der Waals surface area contributed by atoms with Crippen molar-refractivity contribution in [2.24, 2.45) is 0 Å². The highest BCUT2D eigenvalue weighted by Crippen LogP contribution is 2.37. The Bertz CT molecular complexity index is 1440. The second kappa shape index (κ2) is 9.14. The number of anilines is 1. The van der Waals surface area contributed by atoms with Crippen LogP contribution in [0.15, 0.2) is 71.4 Å². The molecule has 34 heavy (non-hydrogen) atoms. The smallest absolute Gasteiger partial charge is 0.306 e. The molecule has 0 saturated heterocycles. The van der Waals surface area contributed by atoms with Crippen LogP contribution in [0.2, 0.25) is 0 Å². The van der Waals surface area contributed by atoms with Gasteiger partial charge in [0, 0.05) is 40.4 Å². The molecular formula is C25H18F2N2O5.